The summed E-state index contributed by atoms with van der Waals surface area (Å²) in [5.41, 5.74) is 4.06. The normalized spacial score (nSPS) is 11.1. The van der Waals surface area contributed by atoms with Crippen LogP contribution in [0.4, 0.5) is 0 Å². The van der Waals surface area contributed by atoms with Crippen molar-refractivity contribution < 1.29 is 9.90 Å². The van der Waals surface area contributed by atoms with E-state index < -0.39 is 0 Å². The number of nitrogens with one attached hydrogen (secondary N) is 1. The van der Waals surface area contributed by atoms with Crippen LogP contribution in [0.5, 0.6) is 0 Å². The molecule has 0 radical (unpaired) electrons. The Morgan fingerprint density at radius 1 is 1.35 bits per heavy atom. The van der Waals surface area contributed by atoms with Crippen LogP contribution in [-0.4, -0.2) is 49.0 Å². The topological polar surface area (TPSA) is 87.0 Å². The molecular formula is C18H23N5O2S. The van der Waals surface area contributed by atoms with Gasteiger partial charge in [0, 0.05) is 36.3 Å². The van der Waals surface area contributed by atoms with E-state index in [-0.39, 0.29) is 19.1 Å². The minimum atomic E-state index is -0.211. The third-order valence-electron chi connectivity index (χ3n) is 4.47. The van der Waals surface area contributed by atoms with Crippen LogP contribution in [0.1, 0.15) is 32.3 Å². The van der Waals surface area contributed by atoms with E-state index in [1.807, 2.05) is 40.0 Å². The summed E-state index contributed by atoms with van der Waals surface area (Å²) in [5, 5.41) is 20.9. The second kappa shape index (κ2) is 7.43. The van der Waals surface area contributed by atoms with Gasteiger partial charge < -0.3 is 10.0 Å². The van der Waals surface area contributed by atoms with Gasteiger partial charge in [-0.15, -0.1) is 11.3 Å². The Morgan fingerprint density at radius 2 is 2.12 bits per heavy atom. The van der Waals surface area contributed by atoms with Crippen molar-refractivity contribution in [2.75, 3.05) is 13.2 Å². The van der Waals surface area contributed by atoms with Crippen molar-refractivity contribution in [2.45, 2.75) is 27.3 Å². The molecule has 0 saturated carbocycles. The van der Waals surface area contributed by atoms with Gasteiger partial charge in [-0.25, -0.2) is 0 Å². The lowest BCUT2D eigenvalue weighted by atomic mass is 10.1. The summed E-state index contributed by atoms with van der Waals surface area (Å²) in [6, 6.07) is 5.81. The minimum Gasteiger partial charge on any atom is -0.395 e. The zero-order chi connectivity index (χ0) is 18.8. The number of amides is 1. The molecule has 3 aromatic heterocycles. The minimum absolute atomic E-state index is 0.106. The molecule has 0 aliphatic carbocycles. The molecule has 8 heteroatoms. The van der Waals surface area contributed by atoms with Gasteiger partial charge >= 0.3 is 0 Å². The van der Waals surface area contributed by atoms with E-state index in [0.29, 0.717) is 12.2 Å². The van der Waals surface area contributed by atoms with Gasteiger partial charge in [0.15, 0.2) is 5.69 Å². The second-order valence-electron chi connectivity index (χ2n) is 6.30. The number of aromatic nitrogens is 4. The molecule has 3 rings (SSSR count). The molecule has 3 aromatic rings. The van der Waals surface area contributed by atoms with E-state index in [1.54, 1.807) is 27.0 Å². The molecule has 7 nitrogen and oxygen atoms in total. The highest BCUT2D eigenvalue weighted by atomic mass is 32.1. The fourth-order valence-corrected chi connectivity index (χ4v) is 3.74. The summed E-state index contributed by atoms with van der Waals surface area (Å²) >= 11 is 1.65. The zero-order valence-electron chi connectivity index (χ0n) is 15.4. The maximum absolute atomic E-state index is 12.9. The molecule has 2 N–H and O–H groups in total. The average Bonchev–Trinajstić information content (AvgIpc) is 3.30. The Morgan fingerprint density at radius 3 is 2.69 bits per heavy atom. The first kappa shape index (κ1) is 18.3. The lowest BCUT2D eigenvalue weighted by molar-refractivity contribution is 0.0701. The standard InChI is InChI=1S/C18H23N5O2S/c1-11-5-6-17(26-11)15-9-16(20-19-15)18(25)23(7-8-24)10-14-12(2)21-22(4)13(14)3/h5-6,9,24H,7-8,10H2,1-4H3,(H,19,20). The molecule has 0 aliphatic rings. The van der Waals surface area contributed by atoms with E-state index in [4.69, 9.17) is 0 Å². The molecule has 138 valence electrons. The van der Waals surface area contributed by atoms with Crippen molar-refractivity contribution >= 4 is 17.2 Å². The van der Waals surface area contributed by atoms with Crippen LogP contribution in [0, 0.1) is 20.8 Å². The van der Waals surface area contributed by atoms with E-state index >= 15 is 0 Å². The molecule has 0 aliphatic heterocycles. The molecule has 3 heterocycles. The Labute approximate surface area is 156 Å². The quantitative estimate of drug-likeness (QED) is 0.695. The second-order valence-corrected chi connectivity index (χ2v) is 7.59. The summed E-state index contributed by atoms with van der Waals surface area (Å²) in [7, 11) is 1.88. The molecule has 0 fully saturated rings. The molecular weight excluding hydrogens is 350 g/mol. The predicted molar refractivity (Wildman–Crippen MR) is 101 cm³/mol. The van der Waals surface area contributed by atoms with Crippen LogP contribution in [0.3, 0.4) is 0 Å². The highest BCUT2D eigenvalue weighted by Crippen LogP contribution is 2.26. The van der Waals surface area contributed by atoms with Crippen molar-refractivity contribution in [2.24, 2.45) is 7.05 Å². The van der Waals surface area contributed by atoms with Crippen LogP contribution >= 0.6 is 11.3 Å². The van der Waals surface area contributed by atoms with Gasteiger partial charge in [0.2, 0.25) is 0 Å². The Kier molecular flexibility index (Phi) is 5.24. The maximum atomic E-state index is 12.9. The molecule has 0 saturated heterocycles. The number of hydrogen-bond donors (Lipinski definition) is 2. The number of aliphatic hydroxyl groups excluding tert-OH is 1. The molecule has 26 heavy (non-hydrogen) atoms. The smallest absolute Gasteiger partial charge is 0.274 e. The van der Waals surface area contributed by atoms with Gasteiger partial charge in [0.05, 0.1) is 22.9 Å². The summed E-state index contributed by atoms with van der Waals surface area (Å²) < 4.78 is 1.80. The summed E-state index contributed by atoms with van der Waals surface area (Å²) in [6.45, 7) is 6.47. The summed E-state index contributed by atoms with van der Waals surface area (Å²) in [5.74, 6) is -0.211. The van der Waals surface area contributed by atoms with Crippen LogP contribution in [0.15, 0.2) is 18.2 Å². The number of carbonyl (C=O) groups is 1. The number of carbonyl (C=O) groups excluding carboxylic acids is 1. The SMILES string of the molecule is Cc1ccc(-c2cc(C(=O)N(CCO)Cc3c(C)nn(C)c3C)n[nH]2)s1. The summed E-state index contributed by atoms with van der Waals surface area (Å²) in [4.78, 5) is 16.8. The number of aliphatic hydroxyl groups is 1. The number of rotatable bonds is 6. The van der Waals surface area contributed by atoms with E-state index in [2.05, 4.69) is 15.3 Å². The maximum Gasteiger partial charge on any atom is 0.274 e. The van der Waals surface area contributed by atoms with Gasteiger partial charge in [-0.3, -0.25) is 14.6 Å². The van der Waals surface area contributed by atoms with Crippen LogP contribution in [0.2, 0.25) is 0 Å². The first-order valence-corrected chi connectivity index (χ1v) is 9.23. The average molecular weight is 373 g/mol. The van der Waals surface area contributed by atoms with Crippen molar-refractivity contribution in [1.82, 2.24) is 24.9 Å². The highest BCUT2D eigenvalue weighted by Gasteiger charge is 2.22. The lowest BCUT2D eigenvalue weighted by Crippen LogP contribution is -2.33. The van der Waals surface area contributed by atoms with Gasteiger partial charge in [-0.1, -0.05) is 0 Å². The van der Waals surface area contributed by atoms with Crippen molar-refractivity contribution in [3.63, 3.8) is 0 Å². The molecule has 0 aromatic carbocycles. The van der Waals surface area contributed by atoms with Gasteiger partial charge in [-0.2, -0.15) is 10.2 Å². The Balaban J connectivity index is 1.84. The van der Waals surface area contributed by atoms with Gasteiger partial charge in [-0.05, 0) is 39.0 Å². The molecule has 1 amide bonds. The molecule has 0 spiro atoms. The first-order valence-electron chi connectivity index (χ1n) is 8.42. The largest absolute Gasteiger partial charge is 0.395 e. The zero-order valence-corrected chi connectivity index (χ0v) is 16.2. The molecule has 0 atom stereocenters. The van der Waals surface area contributed by atoms with Crippen molar-refractivity contribution in [1.29, 1.82) is 0 Å². The van der Waals surface area contributed by atoms with Gasteiger partial charge in [0.1, 0.15) is 0 Å². The number of nitrogens with zero attached hydrogens (tertiary/aromatic N) is 4. The monoisotopic (exact) mass is 373 g/mol. The van der Waals surface area contributed by atoms with Crippen LogP contribution in [0.25, 0.3) is 10.6 Å². The van der Waals surface area contributed by atoms with E-state index in [0.717, 1.165) is 27.5 Å². The number of H-pyrrole nitrogens is 1. The number of aryl methyl sites for hydroxylation is 3. The lowest BCUT2D eigenvalue weighted by Gasteiger charge is -2.21. The van der Waals surface area contributed by atoms with Crippen molar-refractivity contribution in [3.8, 4) is 10.6 Å². The molecule has 0 unspecified atom stereocenters. The van der Waals surface area contributed by atoms with E-state index in [9.17, 15) is 9.90 Å². The van der Waals surface area contributed by atoms with E-state index in [1.165, 1.54) is 4.88 Å². The highest BCUT2D eigenvalue weighted by molar-refractivity contribution is 7.15. The fourth-order valence-electron chi connectivity index (χ4n) is 2.91. The predicted octanol–water partition coefficient (Wildman–Crippen LogP) is 2.43. The third kappa shape index (κ3) is 3.56. The Hall–Kier alpha value is -2.45. The Bertz CT molecular complexity index is 924. The first-order chi connectivity index (χ1) is 12.4. The third-order valence-corrected chi connectivity index (χ3v) is 5.50. The summed E-state index contributed by atoms with van der Waals surface area (Å²) in [6.07, 6.45) is 0. The molecule has 0 bridgehead atoms. The van der Waals surface area contributed by atoms with Crippen LogP contribution < -0.4 is 0 Å². The fraction of sp³-hybridized carbons (Fsp3) is 0.389. The van der Waals surface area contributed by atoms with Gasteiger partial charge in [0.25, 0.3) is 5.91 Å². The van der Waals surface area contributed by atoms with Crippen LogP contribution in [-0.2, 0) is 13.6 Å². The number of hydrogen-bond acceptors (Lipinski definition) is 5. The number of thiophene rings is 1. The van der Waals surface area contributed by atoms with Crippen molar-refractivity contribution in [3.05, 3.63) is 45.7 Å². The number of aromatic amines is 1.